The Bertz CT molecular complexity index is 1210. The summed E-state index contributed by atoms with van der Waals surface area (Å²) in [6, 6.07) is 8.99. The number of alkyl halides is 1. The third-order valence-corrected chi connectivity index (χ3v) is 8.45. The van der Waals surface area contributed by atoms with Gasteiger partial charge in [-0.25, -0.2) is 9.18 Å². The highest BCUT2D eigenvalue weighted by Crippen LogP contribution is 2.31. The van der Waals surface area contributed by atoms with Gasteiger partial charge in [0.2, 0.25) is 5.91 Å². The Morgan fingerprint density at radius 2 is 2.02 bits per heavy atom. The fraction of sp³-hybridized carbons (Fsp3) is 0.581. The lowest BCUT2D eigenvalue weighted by Crippen LogP contribution is -2.52. The maximum absolute atomic E-state index is 14.4. The van der Waals surface area contributed by atoms with Crippen LogP contribution in [0.1, 0.15) is 64.5 Å². The number of urea groups is 1. The predicted molar refractivity (Wildman–Crippen MR) is 163 cm³/mol. The maximum atomic E-state index is 14.4. The molecular weight excluding hydrogens is 536 g/mol. The predicted octanol–water partition coefficient (Wildman–Crippen LogP) is 3.37. The molecule has 0 aliphatic carbocycles. The third kappa shape index (κ3) is 8.66. The number of nitriles is 1. The zero-order valence-corrected chi connectivity index (χ0v) is 25.4. The molecule has 0 bridgehead atoms. The van der Waals surface area contributed by atoms with Crippen LogP contribution in [0.2, 0.25) is 0 Å². The topological polar surface area (TPSA) is 129 Å². The summed E-state index contributed by atoms with van der Waals surface area (Å²) in [7, 11) is -1.77. The second-order valence-corrected chi connectivity index (χ2v) is 12.2. The first-order valence-electron chi connectivity index (χ1n) is 14.7. The molecule has 1 aromatic carbocycles. The van der Waals surface area contributed by atoms with Gasteiger partial charge in [0.1, 0.15) is 11.6 Å². The molecule has 2 aliphatic heterocycles. The fourth-order valence-corrected chi connectivity index (χ4v) is 5.76. The molecule has 0 spiro atoms. The van der Waals surface area contributed by atoms with Gasteiger partial charge in [0, 0.05) is 37.8 Å². The molecule has 9 nitrogen and oxygen atoms in total. The van der Waals surface area contributed by atoms with Gasteiger partial charge in [-0.2, -0.15) is 5.26 Å². The van der Waals surface area contributed by atoms with E-state index in [0.29, 0.717) is 32.5 Å². The monoisotopic (exact) mass is 581 g/mol. The van der Waals surface area contributed by atoms with Crippen molar-refractivity contribution >= 4 is 24.6 Å². The molecule has 2 fully saturated rings. The van der Waals surface area contributed by atoms with Crippen LogP contribution in [-0.4, -0.2) is 88.3 Å². The van der Waals surface area contributed by atoms with Gasteiger partial charge in [-0.15, -0.1) is 0 Å². The van der Waals surface area contributed by atoms with Gasteiger partial charge in [-0.05, 0) is 77.0 Å². The summed E-state index contributed by atoms with van der Waals surface area (Å²) in [5.74, 6) is -2.27. The number of amides is 3. The molecule has 0 saturated carbocycles. The number of benzene rings is 1. The van der Waals surface area contributed by atoms with Gasteiger partial charge in [0.15, 0.2) is 0 Å². The molecule has 228 valence electrons. The molecule has 3 rings (SSSR count). The quantitative estimate of drug-likeness (QED) is 0.234. The standard InChI is InChI=1S/C31H45BFN5O4/c1-6-23(26-12-8-7-10-22(26)2)18-27(32(41)42)36-29(40)35-20-25-11-9-16-38(25)28(39)24(19-34)13-14-30(3,4)37-17-15-31(5,33)21-37/h6-8,10,12-14,24-25,27,41-42H,9,11,15-18,20-21H2,1-5H3,(H2,35,36,40)/b14-13+,23-6-. The van der Waals surface area contributed by atoms with E-state index in [1.807, 2.05) is 69.0 Å². The van der Waals surface area contributed by atoms with Crippen molar-refractivity contribution in [3.05, 3.63) is 53.6 Å². The second-order valence-electron chi connectivity index (χ2n) is 12.2. The summed E-state index contributed by atoms with van der Waals surface area (Å²) in [4.78, 5) is 29.8. The smallest absolute Gasteiger partial charge is 0.426 e. The van der Waals surface area contributed by atoms with E-state index in [1.54, 1.807) is 17.9 Å². The maximum Gasteiger partial charge on any atom is 0.475 e. The number of nitrogens with one attached hydrogen (secondary N) is 2. The van der Waals surface area contributed by atoms with Gasteiger partial charge in [-0.3, -0.25) is 9.69 Å². The molecule has 42 heavy (non-hydrogen) atoms. The first kappa shape index (κ1) is 33.3. The van der Waals surface area contributed by atoms with E-state index in [9.17, 15) is 29.3 Å². The zero-order valence-electron chi connectivity index (χ0n) is 25.4. The summed E-state index contributed by atoms with van der Waals surface area (Å²) in [6.45, 7) is 10.9. The number of carbonyl (C=O) groups excluding carboxylic acids is 2. The van der Waals surface area contributed by atoms with E-state index < -0.39 is 36.2 Å². The van der Waals surface area contributed by atoms with E-state index in [2.05, 4.69) is 16.7 Å². The minimum atomic E-state index is -1.77. The van der Waals surface area contributed by atoms with Crippen molar-refractivity contribution in [2.45, 2.75) is 83.5 Å². The van der Waals surface area contributed by atoms with Crippen molar-refractivity contribution in [1.82, 2.24) is 20.4 Å². The Labute approximate surface area is 249 Å². The Kier molecular flexibility index (Phi) is 11.4. The van der Waals surface area contributed by atoms with Gasteiger partial charge >= 0.3 is 13.1 Å². The summed E-state index contributed by atoms with van der Waals surface area (Å²) < 4.78 is 14.4. The molecule has 0 aromatic heterocycles. The summed E-state index contributed by atoms with van der Waals surface area (Å²) in [5, 5.41) is 35.2. The number of rotatable bonds is 11. The fourth-order valence-electron chi connectivity index (χ4n) is 5.76. The second kappa shape index (κ2) is 14.3. The summed E-state index contributed by atoms with van der Waals surface area (Å²) >= 11 is 0. The highest BCUT2D eigenvalue weighted by atomic mass is 19.1. The summed E-state index contributed by atoms with van der Waals surface area (Å²) in [5.41, 5.74) is 1.13. The molecule has 2 heterocycles. The SMILES string of the molecule is C/C=C(/CC(NC(=O)NCC1CCCN1C(=O)C(C#N)/C=C/C(C)(C)N1CCC(C)(F)C1)B(O)O)c1ccccc1C. The number of hydrogen-bond donors (Lipinski definition) is 4. The van der Waals surface area contributed by atoms with Gasteiger partial charge in [0.25, 0.3) is 0 Å². The first-order valence-corrected chi connectivity index (χ1v) is 14.7. The molecule has 0 radical (unpaired) electrons. The Morgan fingerprint density at radius 1 is 1.31 bits per heavy atom. The lowest BCUT2D eigenvalue weighted by atomic mass is 9.74. The molecule has 1 aromatic rings. The van der Waals surface area contributed by atoms with Gasteiger partial charge < -0.3 is 25.6 Å². The van der Waals surface area contributed by atoms with Crippen molar-refractivity contribution in [3.8, 4) is 6.07 Å². The molecule has 11 heteroatoms. The van der Waals surface area contributed by atoms with Crippen LogP contribution in [0.25, 0.3) is 5.57 Å². The molecule has 4 unspecified atom stereocenters. The van der Waals surface area contributed by atoms with Crippen LogP contribution in [0.5, 0.6) is 0 Å². The van der Waals surface area contributed by atoms with E-state index in [0.717, 1.165) is 23.1 Å². The van der Waals surface area contributed by atoms with E-state index in [-0.39, 0.29) is 24.9 Å². The Hall–Kier alpha value is -3.20. The van der Waals surface area contributed by atoms with Crippen molar-refractivity contribution in [3.63, 3.8) is 0 Å². The van der Waals surface area contributed by atoms with Crippen LogP contribution >= 0.6 is 0 Å². The number of nitrogens with zero attached hydrogens (tertiary/aromatic N) is 3. The van der Waals surface area contributed by atoms with Crippen molar-refractivity contribution in [2.24, 2.45) is 5.92 Å². The van der Waals surface area contributed by atoms with Gasteiger partial charge in [-0.1, -0.05) is 42.5 Å². The van der Waals surface area contributed by atoms with Crippen LogP contribution in [-0.2, 0) is 4.79 Å². The van der Waals surface area contributed by atoms with Crippen molar-refractivity contribution in [2.75, 3.05) is 26.2 Å². The number of carbonyl (C=O) groups is 2. The van der Waals surface area contributed by atoms with Gasteiger partial charge in [0.05, 0.1) is 12.0 Å². The Morgan fingerprint density at radius 3 is 2.62 bits per heavy atom. The molecule has 2 saturated heterocycles. The minimum absolute atomic E-state index is 0.163. The molecule has 4 atom stereocenters. The van der Waals surface area contributed by atoms with Crippen LogP contribution in [0.4, 0.5) is 9.18 Å². The number of aryl methyl sites for hydroxylation is 1. The highest BCUT2D eigenvalue weighted by molar-refractivity contribution is 6.44. The van der Waals surface area contributed by atoms with Crippen LogP contribution in [0.15, 0.2) is 42.5 Å². The third-order valence-electron chi connectivity index (χ3n) is 8.45. The van der Waals surface area contributed by atoms with Crippen molar-refractivity contribution < 1.29 is 24.0 Å². The minimum Gasteiger partial charge on any atom is -0.426 e. The zero-order chi connectivity index (χ0) is 31.1. The van der Waals surface area contributed by atoms with Crippen LogP contribution in [0, 0.1) is 24.2 Å². The molecule has 3 amide bonds. The first-order chi connectivity index (χ1) is 19.8. The number of halogens is 1. The largest absolute Gasteiger partial charge is 0.475 e. The summed E-state index contributed by atoms with van der Waals surface area (Å²) in [6.07, 6.45) is 7.39. The average molecular weight is 582 g/mol. The number of likely N-dealkylation sites (tertiary alicyclic amines) is 2. The average Bonchev–Trinajstić information content (AvgIpc) is 3.56. The van der Waals surface area contributed by atoms with E-state index in [4.69, 9.17) is 0 Å². The molecule has 2 aliphatic rings. The lowest BCUT2D eigenvalue weighted by molar-refractivity contribution is -0.133. The normalized spacial score (nSPS) is 23.1. The van der Waals surface area contributed by atoms with Crippen LogP contribution < -0.4 is 10.6 Å². The molecule has 4 N–H and O–H groups in total. The van der Waals surface area contributed by atoms with E-state index in [1.165, 1.54) is 0 Å². The van der Waals surface area contributed by atoms with Crippen molar-refractivity contribution in [1.29, 1.82) is 5.26 Å². The highest BCUT2D eigenvalue weighted by Gasteiger charge is 2.40. The number of allylic oxidation sites excluding steroid dienone is 1. The number of hydrogen-bond acceptors (Lipinski definition) is 6. The van der Waals surface area contributed by atoms with E-state index >= 15 is 0 Å². The van der Waals surface area contributed by atoms with Crippen LogP contribution in [0.3, 0.4) is 0 Å². The Balaban J connectivity index is 1.58. The lowest BCUT2D eigenvalue weighted by Gasteiger charge is -2.33. The molecular formula is C31H45BFN5O4.